The average molecular weight is 483 g/mol. The quantitative estimate of drug-likeness (QED) is 0.463. The van der Waals surface area contributed by atoms with Gasteiger partial charge in [0.1, 0.15) is 11.4 Å². The number of carbonyl (C=O) groups excluding carboxylic acids is 2. The fourth-order valence-corrected chi connectivity index (χ4v) is 4.33. The van der Waals surface area contributed by atoms with E-state index in [-0.39, 0.29) is 5.97 Å². The van der Waals surface area contributed by atoms with Gasteiger partial charge >= 0.3 is 11.9 Å². The van der Waals surface area contributed by atoms with Crippen molar-refractivity contribution in [2.45, 2.75) is 59.5 Å². The van der Waals surface area contributed by atoms with E-state index in [1.807, 2.05) is 65.0 Å². The van der Waals surface area contributed by atoms with Crippen molar-refractivity contribution >= 4 is 11.9 Å². The molecule has 1 fully saturated rings. The first-order chi connectivity index (χ1) is 16.7. The van der Waals surface area contributed by atoms with E-state index >= 15 is 0 Å². The predicted molar refractivity (Wildman–Crippen MR) is 135 cm³/mol. The number of piperidine rings is 1. The third kappa shape index (κ3) is 7.79. The molecule has 0 bridgehead atoms. The van der Waals surface area contributed by atoms with Gasteiger partial charge in [-0.15, -0.1) is 0 Å². The van der Waals surface area contributed by atoms with E-state index in [1.54, 1.807) is 6.20 Å². The fraction of sp³-hybridized carbons (Fsp3) is 0.536. The average Bonchev–Trinajstić information content (AvgIpc) is 2.80. The van der Waals surface area contributed by atoms with Crippen molar-refractivity contribution in [1.82, 2.24) is 9.88 Å². The molecule has 0 unspecified atom stereocenters. The number of hydrogen-bond donors (Lipinski definition) is 0. The predicted octanol–water partition coefficient (Wildman–Crippen LogP) is 5.06. The Hall–Kier alpha value is -2.93. The van der Waals surface area contributed by atoms with Crippen LogP contribution in [0.1, 0.15) is 63.0 Å². The second-order valence-electron chi connectivity index (χ2n) is 9.99. The van der Waals surface area contributed by atoms with Crippen LogP contribution in [0, 0.1) is 12.8 Å². The molecule has 0 spiro atoms. The zero-order valence-electron chi connectivity index (χ0n) is 21.6. The van der Waals surface area contributed by atoms with E-state index in [2.05, 4.69) is 9.88 Å². The number of esters is 2. The summed E-state index contributed by atoms with van der Waals surface area (Å²) in [5, 5.41) is 0. The topological polar surface area (TPSA) is 78.0 Å². The highest BCUT2D eigenvalue weighted by atomic mass is 16.6. The summed E-state index contributed by atoms with van der Waals surface area (Å²) in [6.07, 6.45) is 4.68. The molecule has 0 aliphatic carbocycles. The Morgan fingerprint density at radius 2 is 1.80 bits per heavy atom. The number of aromatic nitrogens is 1. The van der Waals surface area contributed by atoms with Gasteiger partial charge in [0.15, 0.2) is 5.69 Å². The molecule has 1 aliphatic heterocycles. The summed E-state index contributed by atoms with van der Waals surface area (Å²) in [5.74, 6) is 0.802. The molecule has 0 saturated carbocycles. The Balaban J connectivity index is 1.60. The number of carbonyl (C=O) groups is 2. The fourth-order valence-electron chi connectivity index (χ4n) is 4.33. The highest BCUT2D eigenvalue weighted by molar-refractivity contribution is 5.96. The van der Waals surface area contributed by atoms with Gasteiger partial charge in [-0.1, -0.05) is 18.2 Å². The molecule has 1 aromatic heterocycles. The number of nitrogens with zero attached hydrogens (tertiary/aromatic N) is 2. The van der Waals surface area contributed by atoms with Gasteiger partial charge in [-0.25, -0.2) is 9.78 Å². The molecule has 190 valence electrons. The summed E-state index contributed by atoms with van der Waals surface area (Å²) in [7, 11) is 0. The zero-order valence-corrected chi connectivity index (χ0v) is 21.6. The first-order valence-electron chi connectivity index (χ1n) is 12.5. The number of ether oxygens (including phenoxy) is 3. The first kappa shape index (κ1) is 26.7. The lowest BCUT2D eigenvalue weighted by atomic mass is 9.94. The highest BCUT2D eigenvalue weighted by Crippen LogP contribution is 2.32. The van der Waals surface area contributed by atoms with Crippen molar-refractivity contribution in [3.05, 3.63) is 47.8 Å². The van der Waals surface area contributed by atoms with Crippen molar-refractivity contribution in [3.63, 3.8) is 0 Å². The summed E-state index contributed by atoms with van der Waals surface area (Å²) < 4.78 is 16.8. The maximum Gasteiger partial charge on any atom is 0.358 e. The molecule has 1 aliphatic rings. The minimum atomic E-state index is -0.596. The third-order valence-electron chi connectivity index (χ3n) is 6.12. The molecule has 7 heteroatoms. The van der Waals surface area contributed by atoms with E-state index in [4.69, 9.17) is 14.2 Å². The van der Waals surface area contributed by atoms with Crippen LogP contribution < -0.4 is 4.74 Å². The summed E-state index contributed by atoms with van der Waals surface area (Å²) in [6.45, 7) is 12.6. The Bertz CT molecular complexity index is 1010. The van der Waals surface area contributed by atoms with Crippen LogP contribution in [-0.2, 0) is 14.3 Å². The molecular formula is C28H38N2O5. The molecule has 1 aromatic carbocycles. The number of benzene rings is 1. The van der Waals surface area contributed by atoms with E-state index in [1.165, 1.54) is 0 Å². The van der Waals surface area contributed by atoms with Crippen molar-refractivity contribution < 1.29 is 23.8 Å². The Morgan fingerprint density at radius 1 is 1.09 bits per heavy atom. The van der Waals surface area contributed by atoms with Crippen LogP contribution in [-0.4, -0.2) is 60.3 Å². The summed E-state index contributed by atoms with van der Waals surface area (Å²) >= 11 is 0. The van der Waals surface area contributed by atoms with Crippen LogP contribution in [0.15, 0.2) is 36.5 Å². The van der Waals surface area contributed by atoms with Crippen molar-refractivity contribution in [2.24, 2.45) is 5.92 Å². The summed E-state index contributed by atoms with van der Waals surface area (Å²) in [4.78, 5) is 30.9. The largest absolute Gasteiger partial charge is 0.493 e. The molecule has 7 nitrogen and oxygen atoms in total. The third-order valence-corrected chi connectivity index (χ3v) is 6.12. The lowest BCUT2D eigenvalue weighted by Crippen LogP contribution is -2.38. The lowest BCUT2D eigenvalue weighted by molar-refractivity contribution is -0.144. The maximum atomic E-state index is 12.8. The Morgan fingerprint density at radius 3 is 2.49 bits per heavy atom. The van der Waals surface area contributed by atoms with Crippen LogP contribution in [0.5, 0.6) is 5.75 Å². The first-order valence-corrected chi connectivity index (χ1v) is 12.5. The Kier molecular flexibility index (Phi) is 9.26. The van der Waals surface area contributed by atoms with E-state index in [9.17, 15) is 9.59 Å². The van der Waals surface area contributed by atoms with Crippen molar-refractivity contribution in [3.8, 4) is 16.9 Å². The van der Waals surface area contributed by atoms with Gasteiger partial charge in [0, 0.05) is 11.8 Å². The smallest absolute Gasteiger partial charge is 0.358 e. The zero-order chi connectivity index (χ0) is 25.4. The van der Waals surface area contributed by atoms with E-state index in [0.717, 1.165) is 54.8 Å². The molecular weight excluding hydrogens is 444 g/mol. The van der Waals surface area contributed by atoms with Crippen LogP contribution in [0.4, 0.5) is 0 Å². The molecule has 2 heterocycles. The second kappa shape index (κ2) is 12.2. The number of rotatable bonds is 9. The monoisotopic (exact) mass is 482 g/mol. The molecule has 35 heavy (non-hydrogen) atoms. The van der Waals surface area contributed by atoms with E-state index < -0.39 is 11.6 Å². The molecule has 0 radical (unpaired) electrons. The normalized spacial score (nSPS) is 15.0. The molecule has 0 atom stereocenters. The van der Waals surface area contributed by atoms with Crippen LogP contribution in [0.25, 0.3) is 11.1 Å². The van der Waals surface area contributed by atoms with Gasteiger partial charge in [0.25, 0.3) is 0 Å². The molecule has 1 saturated heterocycles. The van der Waals surface area contributed by atoms with Crippen LogP contribution in [0.3, 0.4) is 0 Å². The molecule has 0 N–H and O–H groups in total. The molecule has 3 rings (SSSR count). The van der Waals surface area contributed by atoms with Crippen LogP contribution in [0.2, 0.25) is 0 Å². The number of likely N-dealkylation sites (tertiary alicyclic amines) is 1. The SMILES string of the molecule is CCOC(=O)CN1CCC(CCOc2cccc(-c3cccnc3C(=O)OC(C)(C)C)c2C)CC1. The van der Waals surface area contributed by atoms with Crippen molar-refractivity contribution in [1.29, 1.82) is 0 Å². The Labute approximate surface area is 208 Å². The van der Waals surface area contributed by atoms with Gasteiger partial charge in [-0.05, 0) is 96.1 Å². The van der Waals surface area contributed by atoms with Gasteiger partial charge < -0.3 is 14.2 Å². The minimum Gasteiger partial charge on any atom is -0.493 e. The van der Waals surface area contributed by atoms with E-state index in [0.29, 0.717) is 31.4 Å². The minimum absolute atomic E-state index is 0.145. The molecule has 2 aromatic rings. The van der Waals surface area contributed by atoms with Crippen molar-refractivity contribution in [2.75, 3.05) is 32.8 Å². The van der Waals surface area contributed by atoms with Gasteiger partial charge in [0.05, 0.1) is 19.8 Å². The molecule has 0 amide bonds. The van der Waals surface area contributed by atoms with Gasteiger partial charge in [-0.3, -0.25) is 9.69 Å². The van der Waals surface area contributed by atoms with Gasteiger partial charge in [0.2, 0.25) is 0 Å². The maximum absolute atomic E-state index is 12.8. The summed E-state index contributed by atoms with van der Waals surface area (Å²) in [6, 6.07) is 9.60. The lowest BCUT2D eigenvalue weighted by Gasteiger charge is -2.31. The summed E-state index contributed by atoms with van der Waals surface area (Å²) in [5.41, 5.74) is 2.31. The highest BCUT2D eigenvalue weighted by Gasteiger charge is 2.24. The second-order valence-corrected chi connectivity index (χ2v) is 9.99. The van der Waals surface area contributed by atoms with Gasteiger partial charge in [-0.2, -0.15) is 0 Å². The standard InChI is InChI=1S/C28H38N2O5/c1-6-33-25(31)19-30-16-12-21(13-17-30)14-18-34-24-11-7-9-22(20(24)2)23-10-8-15-29-26(23)27(32)35-28(3,4)5/h7-11,15,21H,6,12-14,16-19H2,1-5H3. The van der Waals surface area contributed by atoms with Crippen LogP contribution >= 0.6 is 0 Å². The number of pyridine rings is 1. The number of hydrogen-bond acceptors (Lipinski definition) is 7.